The SMILES string of the molecule is NC(=O)C1(Nc2ccc(F)cc2)COC1. The molecule has 0 bridgehead atoms. The van der Waals surface area contributed by atoms with E-state index in [1.54, 1.807) is 12.1 Å². The van der Waals surface area contributed by atoms with Gasteiger partial charge in [-0.3, -0.25) is 4.79 Å². The minimum atomic E-state index is -0.835. The van der Waals surface area contributed by atoms with Gasteiger partial charge in [0.1, 0.15) is 5.82 Å². The summed E-state index contributed by atoms with van der Waals surface area (Å²) in [5.41, 5.74) is 5.07. The Hall–Kier alpha value is -1.62. The third-order valence-corrected chi connectivity index (χ3v) is 2.40. The van der Waals surface area contributed by atoms with Crippen molar-refractivity contribution < 1.29 is 13.9 Å². The Kier molecular flexibility index (Phi) is 2.32. The fourth-order valence-electron chi connectivity index (χ4n) is 1.39. The van der Waals surface area contributed by atoms with Crippen molar-refractivity contribution in [3.8, 4) is 0 Å². The maximum absolute atomic E-state index is 12.6. The smallest absolute Gasteiger partial charge is 0.247 e. The van der Waals surface area contributed by atoms with Crippen LogP contribution in [0.3, 0.4) is 0 Å². The van der Waals surface area contributed by atoms with Crippen molar-refractivity contribution in [3.05, 3.63) is 30.1 Å². The topological polar surface area (TPSA) is 64.4 Å². The maximum Gasteiger partial charge on any atom is 0.247 e. The van der Waals surface area contributed by atoms with Gasteiger partial charge in [0.2, 0.25) is 5.91 Å². The molecule has 0 saturated carbocycles. The van der Waals surface area contributed by atoms with Crippen LogP contribution in [0.4, 0.5) is 10.1 Å². The van der Waals surface area contributed by atoms with E-state index >= 15 is 0 Å². The van der Waals surface area contributed by atoms with E-state index in [2.05, 4.69) is 5.32 Å². The van der Waals surface area contributed by atoms with Crippen molar-refractivity contribution in [2.45, 2.75) is 5.54 Å². The van der Waals surface area contributed by atoms with Crippen molar-refractivity contribution in [1.29, 1.82) is 0 Å². The Morgan fingerprint density at radius 3 is 2.40 bits per heavy atom. The van der Waals surface area contributed by atoms with E-state index in [0.29, 0.717) is 5.69 Å². The summed E-state index contributed by atoms with van der Waals surface area (Å²) < 4.78 is 17.6. The Labute approximate surface area is 86.2 Å². The van der Waals surface area contributed by atoms with E-state index in [1.165, 1.54) is 12.1 Å². The first-order valence-electron chi connectivity index (χ1n) is 4.54. The molecule has 4 nitrogen and oxygen atoms in total. The predicted molar refractivity (Wildman–Crippen MR) is 52.8 cm³/mol. The summed E-state index contributed by atoms with van der Waals surface area (Å²) in [5, 5.41) is 2.95. The van der Waals surface area contributed by atoms with Gasteiger partial charge >= 0.3 is 0 Å². The summed E-state index contributed by atoms with van der Waals surface area (Å²) in [5.74, 6) is -0.781. The average Bonchev–Trinajstić information content (AvgIpc) is 2.13. The number of hydrogen-bond acceptors (Lipinski definition) is 3. The molecule has 1 aliphatic rings. The monoisotopic (exact) mass is 210 g/mol. The molecule has 15 heavy (non-hydrogen) atoms. The second-order valence-electron chi connectivity index (χ2n) is 3.57. The number of ether oxygens (including phenoxy) is 1. The third-order valence-electron chi connectivity index (χ3n) is 2.40. The van der Waals surface area contributed by atoms with Crippen molar-refractivity contribution >= 4 is 11.6 Å². The number of nitrogens with two attached hydrogens (primary N) is 1. The summed E-state index contributed by atoms with van der Waals surface area (Å²) in [6.45, 7) is 0.499. The summed E-state index contributed by atoms with van der Waals surface area (Å²) in [7, 11) is 0. The molecule has 80 valence electrons. The zero-order chi connectivity index (χ0) is 10.9. The highest BCUT2D eigenvalue weighted by Gasteiger charge is 2.44. The lowest BCUT2D eigenvalue weighted by atomic mass is 9.96. The van der Waals surface area contributed by atoms with Gasteiger partial charge in [0.05, 0.1) is 13.2 Å². The molecule has 1 fully saturated rings. The largest absolute Gasteiger partial charge is 0.375 e. The fourth-order valence-corrected chi connectivity index (χ4v) is 1.39. The van der Waals surface area contributed by atoms with Gasteiger partial charge in [-0.05, 0) is 24.3 Å². The van der Waals surface area contributed by atoms with Gasteiger partial charge in [0.25, 0.3) is 0 Å². The number of halogens is 1. The number of nitrogens with one attached hydrogen (secondary N) is 1. The van der Waals surface area contributed by atoms with Crippen LogP contribution in [0.2, 0.25) is 0 Å². The van der Waals surface area contributed by atoms with Gasteiger partial charge in [0, 0.05) is 5.69 Å². The summed E-state index contributed by atoms with van der Waals surface area (Å²) >= 11 is 0. The van der Waals surface area contributed by atoms with Gasteiger partial charge in [-0.2, -0.15) is 0 Å². The Morgan fingerprint density at radius 2 is 2.00 bits per heavy atom. The minimum absolute atomic E-state index is 0.250. The number of hydrogen-bond donors (Lipinski definition) is 2. The Balaban J connectivity index is 2.13. The number of rotatable bonds is 3. The van der Waals surface area contributed by atoms with Crippen LogP contribution in [-0.2, 0) is 9.53 Å². The molecule has 0 aliphatic carbocycles. The summed E-state index contributed by atoms with van der Waals surface area (Å²) in [6.07, 6.45) is 0. The van der Waals surface area contributed by atoms with E-state index in [1.807, 2.05) is 0 Å². The van der Waals surface area contributed by atoms with E-state index < -0.39 is 11.4 Å². The second-order valence-corrected chi connectivity index (χ2v) is 3.57. The van der Waals surface area contributed by atoms with Gasteiger partial charge in [-0.25, -0.2) is 4.39 Å². The molecule has 2 rings (SSSR count). The highest BCUT2D eigenvalue weighted by atomic mass is 19.1. The molecule has 0 unspecified atom stereocenters. The second kappa shape index (κ2) is 3.51. The molecule has 0 atom stereocenters. The molecule has 0 radical (unpaired) electrons. The highest BCUT2D eigenvalue weighted by molar-refractivity contribution is 5.89. The molecule has 5 heteroatoms. The van der Waals surface area contributed by atoms with Crippen LogP contribution >= 0.6 is 0 Å². The van der Waals surface area contributed by atoms with Gasteiger partial charge in [-0.15, -0.1) is 0 Å². The molecular weight excluding hydrogens is 199 g/mol. The fraction of sp³-hybridized carbons (Fsp3) is 0.300. The molecule has 1 aromatic carbocycles. The number of amides is 1. The van der Waals surface area contributed by atoms with Crippen molar-refractivity contribution in [3.63, 3.8) is 0 Å². The number of carbonyl (C=O) groups excluding carboxylic acids is 1. The minimum Gasteiger partial charge on any atom is -0.375 e. The first-order chi connectivity index (χ1) is 7.12. The van der Waals surface area contributed by atoms with E-state index in [-0.39, 0.29) is 19.0 Å². The molecule has 1 saturated heterocycles. The molecule has 3 N–H and O–H groups in total. The van der Waals surface area contributed by atoms with Crippen LogP contribution in [0.1, 0.15) is 0 Å². The van der Waals surface area contributed by atoms with E-state index in [0.717, 1.165) is 0 Å². The van der Waals surface area contributed by atoms with Crippen LogP contribution in [-0.4, -0.2) is 24.7 Å². The lowest BCUT2D eigenvalue weighted by molar-refractivity contribution is -0.137. The molecule has 1 amide bonds. The van der Waals surface area contributed by atoms with Crippen LogP contribution in [0.5, 0.6) is 0 Å². The van der Waals surface area contributed by atoms with Crippen LogP contribution in [0.15, 0.2) is 24.3 Å². The normalized spacial score (nSPS) is 17.9. The summed E-state index contributed by atoms with van der Waals surface area (Å²) in [6, 6.07) is 5.74. The molecule has 1 aromatic rings. The van der Waals surface area contributed by atoms with Crippen molar-refractivity contribution in [2.24, 2.45) is 5.73 Å². The van der Waals surface area contributed by atoms with Gasteiger partial charge in [-0.1, -0.05) is 0 Å². The number of anilines is 1. The lowest BCUT2D eigenvalue weighted by Gasteiger charge is -2.39. The van der Waals surface area contributed by atoms with Crippen molar-refractivity contribution in [1.82, 2.24) is 0 Å². The third kappa shape index (κ3) is 1.78. The predicted octanol–water partition coefficient (Wildman–Crippen LogP) is 0.492. The first-order valence-corrected chi connectivity index (χ1v) is 4.54. The van der Waals surface area contributed by atoms with Gasteiger partial charge < -0.3 is 15.8 Å². The highest BCUT2D eigenvalue weighted by Crippen LogP contribution is 2.23. The number of primary amides is 1. The quantitative estimate of drug-likeness (QED) is 0.763. The van der Waals surface area contributed by atoms with Crippen LogP contribution in [0, 0.1) is 5.82 Å². The molecule has 0 spiro atoms. The molecule has 1 aliphatic heterocycles. The number of benzene rings is 1. The van der Waals surface area contributed by atoms with Crippen LogP contribution in [0.25, 0.3) is 0 Å². The maximum atomic E-state index is 12.6. The van der Waals surface area contributed by atoms with Crippen LogP contribution < -0.4 is 11.1 Å². The summed E-state index contributed by atoms with van der Waals surface area (Å²) in [4.78, 5) is 11.2. The average molecular weight is 210 g/mol. The molecule has 1 heterocycles. The van der Waals surface area contributed by atoms with Gasteiger partial charge in [0.15, 0.2) is 5.54 Å². The van der Waals surface area contributed by atoms with E-state index in [9.17, 15) is 9.18 Å². The molecular formula is C10H11FN2O2. The Morgan fingerprint density at radius 1 is 1.40 bits per heavy atom. The number of carbonyl (C=O) groups is 1. The Bertz CT molecular complexity index is 374. The molecule has 0 aromatic heterocycles. The first kappa shape index (κ1) is 9.92. The zero-order valence-corrected chi connectivity index (χ0v) is 8.00. The standard InChI is InChI=1S/C10H11FN2O2/c11-7-1-3-8(4-2-7)13-10(9(12)14)5-15-6-10/h1-4,13H,5-6H2,(H2,12,14). The van der Waals surface area contributed by atoms with Crippen molar-refractivity contribution in [2.75, 3.05) is 18.5 Å². The van der Waals surface area contributed by atoms with E-state index in [4.69, 9.17) is 10.5 Å². The lowest BCUT2D eigenvalue weighted by Crippen LogP contribution is -2.64. The zero-order valence-electron chi connectivity index (χ0n) is 8.00.